The minimum absolute atomic E-state index is 0.00862. The van der Waals surface area contributed by atoms with Crippen molar-refractivity contribution in [3.8, 4) is 0 Å². The number of sulfone groups is 1. The van der Waals surface area contributed by atoms with Crippen LogP contribution in [0.2, 0.25) is 10.0 Å². The highest BCUT2D eigenvalue weighted by Gasteiger charge is 2.44. The van der Waals surface area contributed by atoms with Gasteiger partial charge in [-0.25, -0.2) is 13.1 Å². The van der Waals surface area contributed by atoms with Crippen LogP contribution in [0.15, 0.2) is 34.9 Å². The number of aromatic nitrogens is 2. The minimum Gasteiger partial charge on any atom is -0.343 e. The highest BCUT2D eigenvalue weighted by molar-refractivity contribution is 7.95. The summed E-state index contributed by atoms with van der Waals surface area (Å²) < 4.78 is 68.5. The molecule has 1 aliphatic carbocycles. The summed E-state index contributed by atoms with van der Waals surface area (Å²) in [7, 11) is -3.83. The van der Waals surface area contributed by atoms with E-state index in [2.05, 4.69) is 10.4 Å². The minimum atomic E-state index is -4.68. The Morgan fingerprint density at radius 3 is 2.45 bits per heavy atom. The van der Waals surface area contributed by atoms with Crippen LogP contribution >= 0.6 is 23.2 Å². The molecule has 1 aromatic carbocycles. The van der Waals surface area contributed by atoms with Gasteiger partial charge in [-0.15, -0.1) is 0 Å². The van der Waals surface area contributed by atoms with Gasteiger partial charge >= 0.3 is 6.18 Å². The quantitative estimate of drug-likeness (QED) is 0.564. The van der Waals surface area contributed by atoms with Crippen LogP contribution in [0.5, 0.6) is 0 Å². The molecule has 2 aliphatic rings. The van der Waals surface area contributed by atoms with Gasteiger partial charge in [0.05, 0.1) is 20.2 Å². The molecule has 2 unspecified atom stereocenters. The molecule has 31 heavy (non-hydrogen) atoms. The summed E-state index contributed by atoms with van der Waals surface area (Å²) in [6.45, 7) is 3.55. The van der Waals surface area contributed by atoms with E-state index in [9.17, 15) is 21.6 Å². The molecule has 1 fully saturated rings. The van der Waals surface area contributed by atoms with E-state index >= 15 is 0 Å². The van der Waals surface area contributed by atoms with E-state index in [1.54, 1.807) is 13.0 Å². The van der Waals surface area contributed by atoms with Crippen molar-refractivity contribution in [3.05, 3.63) is 56.2 Å². The Kier molecular flexibility index (Phi) is 5.59. The topological polar surface area (TPSA) is 64.0 Å². The third-order valence-electron chi connectivity index (χ3n) is 5.86. The Labute approximate surface area is 188 Å². The largest absolute Gasteiger partial charge is 0.435 e. The van der Waals surface area contributed by atoms with Crippen molar-refractivity contribution >= 4 is 38.9 Å². The number of nitrogens with one attached hydrogen (secondary N) is 1. The third-order valence-corrected chi connectivity index (χ3v) is 9.04. The molecular formula is C20H20Cl2F3N3O2S. The van der Waals surface area contributed by atoms with Crippen LogP contribution in [-0.2, 0) is 16.0 Å². The number of hydrogen-bond acceptors (Lipinski definition) is 4. The number of alkyl halides is 3. The van der Waals surface area contributed by atoms with E-state index in [0.29, 0.717) is 18.4 Å². The lowest BCUT2D eigenvalue weighted by Crippen LogP contribution is -2.32. The fourth-order valence-corrected chi connectivity index (χ4v) is 7.07. The maximum Gasteiger partial charge on any atom is 0.435 e. The number of hydrogen-bond donors (Lipinski definition) is 1. The Morgan fingerprint density at radius 1 is 1.16 bits per heavy atom. The summed E-state index contributed by atoms with van der Waals surface area (Å²) in [4.78, 5) is 0.00862. The number of halogens is 5. The second-order valence-corrected chi connectivity index (χ2v) is 11.1. The molecule has 168 valence electrons. The van der Waals surface area contributed by atoms with Gasteiger partial charge < -0.3 is 5.32 Å². The molecule has 1 aromatic heterocycles. The molecule has 1 N–H and O–H groups in total. The van der Waals surface area contributed by atoms with Crippen molar-refractivity contribution in [1.82, 2.24) is 9.78 Å². The molecule has 3 atom stereocenters. The van der Waals surface area contributed by atoms with Crippen LogP contribution in [-0.4, -0.2) is 23.4 Å². The monoisotopic (exact) mass is 493 g/mol. The lowest BCUT2D eigenvalue weighted by molar-refractivity contribution is -0.141. The fourth-order valence-electron chi connectivity index (χ4n) is 4.35. The SMILES string of the molecule is CC1=C(S(=O)(=O)C2CC[C@@H](C)C2)C(c2ccc(Cl)c(Cl)c2)n2nc(C(F)(F)F)cc2N1. The Balaban J connectivity index is 1.92. The van der Waals surface area contributed by atoms with Gasteiger partial charge in [-0.1, -0.05) is 36.2 Å². The number of anilines is 1. The highest BCUT2D eigenvalue weighted by atomic mass is 35.5. The van der Waals surface area contributed by atoms with Crippen LogP contribution < -0.4 is 5.32 Å². The van der Waals surface area contributed by atoms with Gasteiger partial charge in [0, 0.05) is 11.8 Å². The first-order valence-corrected chi connectivity index (χ1v) is 12.0. The second-order valence-electron chi connectivity index (χ2n) is 8.13. The highest BCUT2D eigenvalue weighted by Crippen LogP contribution is 2.45. The van der Waals surface area contributed by atoms with Gasteiger partial charge in [-0.2, -0.15) is 18.3 Å². The van der Waals surface area contributed by atoms with E-state index in [1.807, 2.05) is 6.92 Å². The zero-order valence-corrected chi connectivity index (χ0v) is 19.0. The zero-order chi connectivity index (χ0) is 22.7. The van der Waals surface area contributed by atoms with Crippen molar-refractivity contribution in [1.29, 1.82) is 0 Å². The molecule has 5 nitrogen and oxygen atoms in total. The van der Waals surface area contributed by atoms with Gasteiger partial charge in [0.25, 0.3) is 0 Å². The van der Waals surface area contributed by atoms with Crippen molar-refractivity contribution in [2.75, 3.05) is 5.32 Å². The summed E-state index contributed by atoms with van der Waals surface area (Å²) >= 11 is 12.2. The zero-order valence-electron chi connectivity index (χ0n) is 16.7. The molecule has 2 heterocycles. The van der Waals surface area contributed by atoms with E-state index in [-0.39, 0.29) is 32.4 Å². The predicted octanol–water partition coefficient (Wildman–Crippen LogP) is 6.06. The summed E-state index contributed by atoms with van der Waals surface area (Å²) in [5, 5.41) is 6.37. The number of benzene rings is 1. The molecule has 0 saturated heterocycles. The molecule has 0 bridgehead atoms. The summed E-state index contributed by atoms with van der Waals surface area (Å²) in [5.74, 6) is 0.317. The third kappa shape index (κ3) is 3.96. The van der Waals surface area contributed by atoms with Crippen molar-refractivity contribution in [2.24, 2.45) is 5.92 Å². The number of allylic oxidation sites excluding steroid dienone is 2. The molecule has 2 aromatic rings. The van der Waals surface area contributed by atoms with E-state index in [1.165, 1.54) is 12.1 Å². The molecule has 0 spiro atoms. The van der Waals surface area contributed by atoms with Crippen LogP contribution in [0.25, 0.3) is 0 Å². The van der Waals surface area contributed by atoms with Gasteiger partial charge in [0.2, 0.25) is 0 Å². The number of fused-ring (bicyclic) bond motifs is 1. The average molecular weight is 494 g/mol. The van der Waals surface area contributed by atoms with Crippen LogP contribution in [0.1, 0.15) is 50.4 Å². The molecule has 11 heteroatoms. The van der Waals surface area contributed by atoms with E-state index < -0.39 is 33.0 Å². The van der Waals surface area contributed by atoms with Gasteiger partial charge in [0.15, 0.2) is 15.5 Å². The molecular weight excluding hydrogens is 474 g/mol. The summed E-state index contributed by atoms with van der Waals surface area (Å²) in [5.41, 5.74) is -0.448. The molecule has 1 aliphatic heterocycles. The van der Waals surface area contributed by atoms with E-state index in [0.717, 1.165) is 17.2 Å². The fraction of sp³-hybridized carbons (Fsp3) is 0.450. The van der Waals surface area contributed by atoms with Crippen molar-refractivity contribution < 1.29 is 21.6 Å². The van der Waals surface area contributed by atoms with Crippen molar-refractivity contribution in [3.63, 3.8) is 0 Å². The lowest BCUT2D eigenvalue weighted by atomic mass is 10.0. The van der Waals surface area contributed by atoms with Gasteiger partial charge in [-0.3, -0.25) is 0 Å². The predicted molar refractivity (Wildman–Crippen MR) is 114 cm³/mol. The van der Waals surface area contributed by atoms with Crippen LogP contribution in [0, 0.1) is 5.92 Å². The van der Waals surface area contributed by atoms with Crippen LogP contribution in [0.3, 0.4) is 0 Å². The normalized spacial score (nSPS) is 24.3. The Hall–Kier alpha value is -1.71. The molecule has 0 amide bonds. The molecule has 4 rings (SSSR count). The first-order chi connectivity index (χ1) is 14.4. The van der Waals surface area contributed by atoms with E-state index in [4.69, 9.17) is 23.2 Å². The second kappa shape index (κ2) is 7.71. The van der Waals surface area contributed by atoms with Gasteiger partial charge in [0.1, 0.15) is 11.9 Å². The standard InChI is InChI=1S/C20H20Cl2F3N3O2S/c1-10-3-5-13(7-10)31(29,30)19-11(2)26-17-9-16(20(23,24)25)27-28(17)18(19)12-4-6-14(21)15(22)8-12/h4,6,8-10,13,18,26H,3,5,7H2,1-2H3/t10-,13?,18?/m1/s1. The summed E-state index contributed by atoms with van der Waals surface area (Å²) in [6, 6.07) is 4.30. The van der Waals surface area contributed by atoms with Crippen molar-refractivity contribution in [2.45, 2.75) is 50.6 Å². The Bertz CT molecular complexity index is 1170. The maximum absolute atomic E-state index is 13.7. The molecule has 0 radical (unpaired) electrons. The summed E-state index contributed by atoms with van der Waals surface area (Å²) in [6.07, 6.45) is -2.88. The Morgan fingerprint density at radius 2 is 1.87 bits per heavy atom. The van der Waals surface area contributed by atoms with Gasteiger partial charge in [-0.05, 0) is 49.8 Å². The first-order valence-electron chi connectivity index (χ1n) is 9.73. The first kappa shape index (κ1) is 22.5. The number of nitrogens with zero attached hydrogens (tertiary/aromatic N) is 2. The maximum atomic E-state index is 13.7. The van der Waals surface area contributed by atoms with Crippen LogP contribution in [0.4, 0.5) is 19.0 Å². The number of rotatable bonds is 3. The average Bonchev–Trinajstić information content (AvgIpc) is 3.29. The molecule has 1 saturated carbocycles. The smallest absolute Gasteiger partial charge is 0.343 e. The lowest BCUT2D eigenvalue weighted by Gasteiger charge is -2.31.